The molecular formula is C4H12N2O3P+. The zero-order chi connectivity index (χ0) is 7.82. The molecule has 1 saturated carbocycles. The van der Waals surface area contributed by atoms with Gasteiger partial charge < -0.3 is 0 Å². The van der Waals surface area contributed by atoms with E-state index in [0.717, 1.165) is 0 Å². The highest BCUT2D eigenvalue weighted by molar-refractivity contribution is 7.33. The van der Waals surface area contributed by atoms with E-state index < -0.39 is 8.25 Å². The van der Waals surface area contributed by atoms with E-state index in [2.05, 4.69) is 21.0 Å². The Hall–Kier alpha value is -0.0600. The number of nitrogens with two attached hydrogens (primary N) is 2. The summed E-state index contributed by atoms with van der Waals surface area (Å²) >= 11 is 0. The van der Waals surface area contributed by atoms with Crippen LogP contribution in [0.2, 0.25) is 0 Å². The minimum Gasteiger partial charge on any atom is -0.162 e. The van der Waals surface area contributed by atoms with E-state index in [4.69, 9.17) is 0 Å². The van der Waals surface area contributed by atoms with Crippen LogP contribution < -0.4 is 11.8 Å². The van der Waals surface area contributed by atoms with Gasteiger partial charge in [-0.3, -0.25) is 0 Å². The van der Waals surface area contributed by atoms with E-state index >= 15 is 0 Å². The normalized spacial score (nSPS) is 14.6. The third kappa shape index (κ3) is 6.07. The van der Waals surface area contributed by atoms with Gasteiger partial charge in [0.2, 0.25) is 0 Å². The summed E-state index contributed by atoms with van der Waals surface area (Å²) in [5, 5.41) is 0. The van der Waals surface area contributed by atoms with Gasteiger partial charge in [-0.15, -0.1) is 0 Å². The molecule has 1 fully saturated rings. The van der Waals surface area contributed by atoms with E-state index in [1.807, 2.05) is 0 Å². The molecule has 4 N–H and O–H groups in total. The molecule has 0 radical (unpaired) electrons. The molecule has 10 heavy (non-hydrogen) atoms. The molecule has 0 spiro atoms. The van der Waals surface area contributed by atoms with Crippen LogP contribution in [-0.2, 0) is 13.8 Å². The van der Waals surface area contributed by atoms with Crippen LogP contribution >= 0.6 is 8.25 Å². The van der Waals surface area contributed by atoms with Gasteiger partial charge in [0.05, 0.1) is 0 Å². The standard InChI is InChI=1S/C4H8.H4N2O3P/c1-2-4-3-1;1-4-6(3)5-2/h1-4H2;1-2H2/q;+1. The smallest absolute Gasteiger partial charge is 0.162 e. The van der Waals surface area contributed by atoms with Crippen molar-refractivity contribution in [2.45, 2.75) is 25.7 Å². The van der Waals surface area contributed by atoms with Crippen LogP contribution in [0, 0.1) is 0 Å². The molecule has 0 aromatic heterocycles. The van der Waals surface area contributed by atoms with Gasteiger partial charge in [-0.2, -0.15) is 11.8 Å². The van der Waals surface area contributed by atoms with Gasteiger partial charge in [-0.1, -0.05) is 25.7 Å². The zero-order valence-electron chi connectivity index (χ0n) is 5.66. The van der Waals surface area contributed by atoms with E-state index in [1.165, 1.54) is 25.7 Å². The lowest BCUT2D eigenvalue weighted by Crippen LogP contribution is -1.94. The predicted molar refractivity (Wildman–Crippen MR) is 36.6 cm³/mol. The predicted octanol–water partition coefficient (Wildman–Crippen LogP) is 0.985. The minimum atomic E-state index is -2.27. The average Bonchev–Trinajstić information content (AvgIpc) is 1.83. The molecule has 0 bridgehead atoms. The SMILES string of the molecule is C1CCC1.NO[P+](=O)ON. The number of hydrogen-bond donors (Lipinski definition) is 2. The first-order valence-electron chi connectivity index (χ1n) is 3.02. The van der Waals surface area contributed by atoms with Crippen LogP contribution in [0.3, 0.4) is 0 Å². The third-order valence-corrected chi connectivity index (χ3v) is 1.52. The zero-order valence-corrected chi connectivity index (χ0v) is 6.55. The summed E-state index contributed by atoms with van der Waals surface area (Å²) in [5.41, 5.74) is 0. The van der Waals surface area contributed by atoms with Crippen molar-refractivity contribution in [1.82, 2.24) is 0 Å². The van der Waals surface area contributed by atoms with Crippen molar-refractivity contribution in [2.24, 2.45) is 11.8 Å². The molecule has 0 amide bonds. The van der Waals surface area contributed by atoms with Crippen molar-refractivity contribution < 1.29 is 13.8 Å². The maximum atomic E-state index is 9.63. The largest absolute Gasteiger partial charge is 0.734 e. The number of rotatable bonds is 2. The van der Waals surface area contributed by atoms with E-state index in [9.17, 15) is 4.57 Å². The van der Waals surface area contributed by atoms with Crippen molar-refractivity contribution >= 4 is 8.25 Å². The molecule has 6 heteroatoms. The minimum absolute atomic E-state index is 1.50. The van der Waals surface area contributed by atoms with E-state index in [0.29, 0.717) is 0 Å². The number of hydrogen-bond acceptors (Lipinski definition) is 5. The van der Waals surface area contributed by atoms with Crippen LogP contribution in [0.15, 0.2) is 0 Å². The quantitative estimate of drug-likeness (QED) is 0.472. The summed E-state index contributed by atoms with van der Waals surface area (Å²) in [6.45, 7) is 0. The fraction of sp³-hybridized carbons (Fsp3) is 1.00. The molecule has 1 aliphatic carbocycles. The Balaban J connectivity index is 0.000000172. The monoisotopic (exact) mass is 167 g/mol. The van der Waals surface area contributed by atoms with Gasteiger partial charge in [0.15, 0.2) is 0 Å². The summed E-state index contributed by atoms with van der Waals surface area (Å²) in [7, 11) is -2.27. The van der Waals surface area contributed by atoms with Gasteiger partial charge in [0, 0.05) is 4.57 Å². The molecule has 0 heterocycles. The molecule has 0 aromatic rings. The summed E-state index contributed by atoms with van der Waals surface area (Å²) in [5.74, 6) is 8.59. The lowest BCUT2D eigenvalue weighted by Gasteiger charge is -2.05. The van der Waals surface area contributed by atoms with Gasteiger partial charge in [-0.05, 0) is 9.25 Å². The lowest BCUT2D eigenvalue weighted by atomic mass is 10.0. The van der Waals surface area contributed by atoms with E-state index in [-0.39, 0.29) is 0 Å². The van der Waals surface area contributed by atoms with Crippen molar-refractivity contribution in [1.29, 1.82) is 0 Å². The molecule has 0 unspecified atom stereocenters. The van der Waals surface area contributed by atoms with Crippen molar-refractivity contribution in [2.75, 3.05) is 0 Å². The molecule has 0 aromatic carbocycles. The summed E-state index contributed by atoms with van der Waals surface area (Å²) < 4.78 is 16.8. The average molecular weight is 167 g/mol. The Labute approximate surface area is 60.5 Å². The molecule has 0 aliphatic heterocycles. The highest BCUT2D eigenvalue weighted by Gasteiger charge is 2.13. The van der Waals surface area contributed by atoms with Gasteiger partial charge >= 0.3 is 8.25 Å². The molecule has 0 atom stereocenters. The van der Waals surface area contributed by atoms with Crippen LogP contribution in [0.5, 0.6) is 0 Å². The Morgan fingerprint density at radius 2 is 1.30 bits per heavy atom. The first kappa shape index (κ1) is 9.94. The van der Waals surface area contributed by atoms with Crippen LogP contribution in [0.4, 0.5) is 0 Å². The first-order chi connectivity index (χ1) is 4.81. The second-order valence-corrected chi connectivity index (χ2v) is 2.72. The summed E-state index contributed by atoms with van der Waals surface area (Å²) in [6.07, 6.45) is 6.00. The lowest BCUT2D eigenvalue weighted by molar-refractivity contribution is 0.234. The molecule has 1 aliphatic rings. The van der Waals surface area contributed by atoms with Crippen molar-refractivity contribution in [3.05, 3.63) is 0 Å². The van der Waals surface area contributed by atoms with Crippen molar-refractivity contribution in [3.8, 4) is 0 Å². The molecule has 1 rings (SSSR count). The van der Waals surface area contributed by atoms with Gasteiger partial charge in [-0.25, -0.2) is 0 Å². The summed E-state index contributed by atoms with van der Waals surface area (Å²) in [6, 6.07) is 0. The fourth-order valence-corrected chi connectivity index (χ4v) is 0.325. The maximum absolute atomic E-state index is 9.63. The molecular weight excluding hydrogens is 155 g/mol. The maximum Gasteiger partial charge on any atom is 0.734 e. The Kier molecular flexibility index (Phi) is 7.01. The molecule has 0 saturated heterocycles. The molecule has 5 nitrogen and oxygen atoms in total. The Bertz CT molecular complexity index is 86.5. The Morgan fingerprint density at radius 3 is 1.30 bits per heavy atom. The second kappa shape index (κ2) is 7.05. The van der Waals surface area contributed by atoms with Crippen LogP contribution in [-0.4, -0.2) is 0 Å². The van der Waals surface area contributed by atoms with Crippen LogP contribution in [0.1, 0.15) is 25.7 Å². The topological polar surface area (TPSA) is 87.6 Å². The highest BCUT2D eigenvalue weighted by atomic mass is 31.1. The van der Waals surface area contributed by atoms with E-state index in [1.54, 1.807) is 0 Å². The van der Waals surface area contributed by atoms with Crippen LogP contribution in [0.25, 0.3) is 0 Å². The Morgan fingerprint density at radius 1 is 1.00 bits per heavy atom. The first-order valence-corrected chi connectivity index (χ1v) is 4.11. The molecule has 60 valence electrons. The third-order valence-electron chi connectivity index (χ3n) is 1.17. The second-order valence-electron chi connectivity index (χ2n) is 1.85. The van der Waals surface area contributed by atoms with Gasteiger partial charge in [0.1, 0.15) is 0 Å². The van der Waals surface area contributed by atoms with Gasteiger partial charge in [0.25, 0.3) is 0 Å². The highest BCUT2D eigenvalue weighted by Crippen LogP contribution is 2.15. The fourth-order valence-electron chi connectivity index (χ4n) is 0.275. The summed E-state index contributed by atoms with van der Waals surface area (Å²) in [4.78, 5) is 0. The van der Waals surface area contributed by atoms with Crippen molar-refractivity contribution in [3.63, 3.8) is 0 Å².